The minimum atomic E-state index is -2.54. The van der Waals surface area contributed by atoms with Crippen molar-refractivity contribution in [3.8, 4) is 5.88 Å². The van der Waals surface area contributed by atoms with Crippen molar-refractivity contribution < 1.29 is 13.5 Å². The molecule has 0 fully saturated rings. The molecule has 0 unspecified atom stereocenters. The number of nitrogen functional groups attached to an aromatic ring is 1. The van der Waals surface area contributed by atoms with E-state index in [9.17, 15) is 8.78 Å². The molecule has 0 aromatic carbocycles. The van der Waals surface area contributed by atoms with Crippen LogP contribution < -0.4 is 10.5 Å². The molecule has 0 saturated heterocycles. The van der Waals surface area contributed by atoms with Crippen molar-refractivity contribution in [2.75, 3.05) is 12.3 Å². The maximum absolute atomic E-state index is 11.8. The van der Waals surface area contributed by atoms with Crippen LogP contribution in [0.5, 0.6) is 5.88 Å². The third-order valence-electron chi connectivity index (χ3n) is 1.58. The van der Waals surface area contributed by atoms with E-state index in [4.69, 9.17) is 22.1 Å². The minimum Gasteiger partial charge on any atom is -0.471 e. The van der Waals surface area contributed by atoms with Gasteiger partial charge in [0.15, 0.2) is 6.61 Å². The Kier molecular flexibility index (Phi) is 3.46. The number of ether oxygens (including phenoxy) is 1. The van der Waals surface area contributed by atoms with Crippen LogP contribution in [0.4, 0.5) is 14.5 Å². The second-order valence-corrected chi connectivity index (χ2v) is 3.05. The van der Waals surface area contributed by atoms with Crippen molar-refractivity contribution in [1.82, 2.24) is 4.98 Å². The van der Waals surface area contributed by atoms with Gasteiger partial charge in [-0.1, -0.05) is 11.6 Å². The molecule has 0 aliphatic carbocycles. The number of hydrogen-bond donors (Lipinski definition) is 1. The number of nitrogens with zero attached hydrogens (tertiary/aromatic N) is 1. The smallest absolute Gasteiger partial charge is 0.272 e. The molecular weight excluding hydrogens is 214 g/mol. The van der Waals surface area contributed by atoms with Gasteiger partial charge in [0, 0.05) is 11.3 Å². The summed E-state index contributed by atoms with van der Waals surface area (Å²) in [4.78, 5) is 3.74. The summed E-state index contributed by atoms with van der Waals surface area (Å²) >= 11 is 5.58. The molecule has 78 valence electrons. The number of anilines is 1. The number of aromatic nitrogens is 1. The molecule has 0 amide bonds. The Labute approximate surface area is 84.8 Å². The Morgan fingerprint density at radius 1 is 1.64 bits per heavy atom. The monoisotopic (exact) mass is 222 g/mol. The fourth-order valence-electron chi connectivity index (χ4n) is 0.856. The number of nitrogens with two attached hydrogens (primary N) is 1. The summed E-state index contributed by atoms with van der Waals surface area (Å²) in [5.41, 5.74) is 6.41. The highest BCUT2D eigenvalue weighted by Crippen LogP contribution is 2.24. The van der Waals surface area contributed by atoms with Gasteiger partial charge >= 0.3 is 0 Å². The Hall–Kier alpha value is -1.10. The minimum absolute atomic E-state index is 0.0512. The van der Waals surface area contributed by atoms with Crippen LogP contribution in [0.15, 0.2) is 6.07 Å². The molecule has 0 aliphatic heterocycles. The number of rotatable bonds is 3. The lowest BCUT2D eigenvalue weighted by Gasteiger charge is -2.09. The molecular formula is C8H9ClF2N2O. The summed E-state index contributed by atoms with van der Waals surface area (Å²) < 4.78 is 28.4. The highest BCUT2D eigenvalue weighted by atomic mass is 35.5. The largest absolute Gasteiger partial charge is 0.471 e. The van der Waals surface area contributed by atoms with Gasteiger partial charge in [-0.2, -0.15) is 0 Å². The van der Waals surface area contributed by atoms with Crippen LogP contribution in [0.2, 0.25) is 5.15 Å². The molecule has 0 saturated carbocycles. The molecule has 3 nitrogen and oxygen atoms in total. The molecule has 1 rings (SSSR count). The molecule has 6 heteroatoms. The Morgan fingerprint density at radius 2 is 2.29 bits per heavy atom. The van der Waals surface area contributed by atoms with Crippen molar-refractivity contribution in [3.05, 3.63) is 16.8 Å². The zero-order valence-electron chi connectivity index (χ0n) is 7.43. The average Bonchev–Trinajstić information content (AvgIpc) is 2.08. The molecule has 1 aromatic rings. The van der Waals surface area contributed by atoms with Crippen molar-refractivity contribution in [1.29, 1.82) is 0 Å². The third kappa shape index (κ3) is 2.70. The first-order valence-corrected chi connectivity index (χ1v) is 4.22. The maximum atomic E-state index is 11.8. The van der Waals surface area contributed by atoms with Crippen molar-refractivity contribution in [2.24, 2.45) is 0 Å². The van der Waals surface area contributed by atoms with E-state index >= 15 is 0 Å². The van der Waals surface area contributed by atoms with Crippen LogP contribution in [-0.2, 0) is 0 Å². The molecule has 0 atom stereocenters. The van der Waals surface area contributed by atoms with Crippen molar-refractivity contribution in [3.63, 3.8) is 0 Å². The highest BCUT2D eigenvalue weighted by Gasteiger charge is 2.10. The average molecular weight is 223 g/mol. The van der Waals surface area contributed by atoms with E-state index in [1.165, 1.54) is 6.07 Å². The predicted molar refractivity (Wildman–Crippen MR) is 49.9 cm³/mol. The third-order valence-corrected chi connectivity index (χ3v) is 1.78. The normalized spacial score (nSPS) is 10.6. The van der Waals surface area contributed by atoms with Gasteiger partial charge in [0.2, 0.25) is 5.88 Å². The summed E-state index contributed by atoms with van der Waals surface area (Å²) in [5.74, 6) is 0.0512. The zero-order chi connectivity index (χ0) is 10.7. The molecule has 14 heavy (non-hydrogen) atoms. The Bertz CT molecular complexity index is 333. The molecule has 0 aliphatic rings. The van der Waals surface area contributed by atoms with E-state index in [0.29, 0.717) is 11.3 Å². The summed E-state index contributed by atoms with van der Waals surface area (Å²) in [6.07, 6.45) is -2.54. The first kappa shape index (κ1) is 11.0. The van der Waals surface area contributed by atoms with Gasteiger partial charge in [-0.15, -0.1) is 0 Å². The van der Waals surface area contributed by atoms with Gasteiger partial charge in [-0.3, -0.25) is 0 Å². The molecule has 1 aromatic heterocycles. The van der Waals surface area contributed by atoms with Gasteiger partial charge in [0.1, 0.15) is 5.15 Å². The number of alkyl halides is 2. The van der Waals surface area contributed by atoms with Crippen LogP contribution >= 0.6 is 11.6 Å². The Balaban J connectivity index is 2.85. The molecule has 0 radical (unpaired) electrons. The number of hydrogen-bond acceptors (Lipinski definition) is 3. The number of halogens is 3. The molecule has 0 bridgehead atoms. The van der Waals surface area contributed by atoms with Gasteiger partial charge in [-0.25, -0.2) is 13.8 Å². The first-order chi connectivity index (χ1) is 6.50. The summed E-state index contributed by atoms with van der Waals surface area (Å²) in [7, 11) is 0. The van der Waals surface area contributed by atoms with E-state index in [1.807, 2.05) is 0 Å². The first-order valence-electron chi connectivity index (χ1n) is 3.84. The lowest BCUT2D eigenvalue weighted by atomic mass is 10.2. The number of pyridine rings is 1. The lowest BCUT2D eigenvalue weighted by Crippen LogP contribution is -2.09. The van der Waals surface area contributed by atoms with Crippen LogP contribution in [0, 0.1) is 6.92 Å². The standard InChI is InChI=1S/C8H9ClF2N2O/c1-4-5(12)2-6(9)13-8(4)14-3-7(10)11/h2,7H,3H2,1H3,(H2,12,13). The predicted octanol–water partition coefficient (Wildman–Crippen LogP) is 2.27. The van der Waals surface area contributed by atoms with Crippen LogP contribution in [0.3, 0.4) is 0 Å². The topological polar surface area (TPSA) is 48.1 Å². The zero-order valence-corrected chi connectivity index (χ0v) is 8.18. The quantitative estimate of drug-likeness (QED) is 0.799. The molecule has 2 N–H and O–H groups in total. The van der Waals surface area contributed by atoms with Gasteiger partial charge in [0.05, 0.1) is 0 Å². The summed E-state index contributed by atoms with van der Waals surface area (Å²) in [6, 6.07) is 1.44. The van der Waals surface area contributed by atoms with Crippen molar-refractivity contribution in [2.45, 2.75) is 13.3 Å². The van der Waals surface area contributed by atoms with E-state index in [-0.39, 0.29) is 11.0 Å². The summed E-state index contributed by atoms with van der Waals surface area (Å²) in [6.45, 7) is 0.910. The fraction of sp³-hybridized carbons (Fsp3) is 0.375. The lowest BCUT2D eigenvalue weighted by molar-refractivity contribution is 0.0793. The van der Waals surface area contributed by atoms with Crippen LogP contribution in [-0.4, -0.2) is 18.0 Å². The summed E-state index contributed by atoms with van der Waals surface area (Å²) in [5, 5.41) is 0.123. The highest BCUT2D eigenvalue weighted by molar-refractivity contribution is 6.29. The van der Waals surface area contributed by atoms with E-state index < -0.39 is 13.0 Å². The second kappa shape index (κ2) is 4.41. The maximum Gasteiger partial charge on any atom is 0.272 e. The van der Waals surface area contributed by atoms with Gasteiger partial charge < -0.3 is 10.5 Å². The van der Waals surface area contributed by atoms with E-state index in [2.05, 4.69) is 4.98 Å². The second-order valence-electron chi connectivity index (χ2n) is 2.67. The Morgan fingerprint density at radius 3 is 2.86 bits per heavy atom. The van der Waals surface area contributed by atoms with Gasteiger partial charge in [-0.05, 0) is 13.0 Å². The van der Waals surface area contributed by atoms with Crippen LogP contribution in [0.1, 0.15) is 5.56 Å². The molecule has 0 spiro atoms. The fourth-order valence-corrected chi connectivity index (χ4v) is 1.05. The van der Waals surface area contributed by atoms with Crippen LogP contribution in [0.25, 0.3) is 0 Å². The van der Waals surface area contributed by atoms with E-state index in [0.717, 1.165) is 0 Å². The van der Waals surface area contributed by atoms with E-state index in [1.54, 1.807) is 6.92 Å². The SMILES string of the molecule is Cc1c(N)cc(Cl)nc1OCC(F)F. The van der Waals surface area contributed by atoms with Crippen molar-refractivity contribution >= 4 is 17.3 Å². The van der Waals surface area contributed by atoms with Gasteiger partial charge in [0.25, 0.3) is 6.43 Å². The molecule has 1 heterocycles.